The summed E-state index contributed by atoms with van der Waals surface area (Å²) in [5.74, 6) is -0.00981. The number of hydrogen-bond donors (Lipinski definition) is 1. The van der Waals surface area contributed by atoms with Crippen LogP contribution in [0.3, 0.4) is 0 Å². The number of methoxy groups -OCH3 is 2. The van der Waals surface area contributed by atoms with Crippen LogP contribution >= 0.6 is 0 Å². The van der Waals surface area contributed by atoms with Crippen LogP contribution in [0.5, 0.6) is 17.2 Å². The molecule has 8 nitrogen and oxygen atoms in total. The molecule has 1 aliphatic heterocycles. The summed E-state index contributed by atoms with van der Waals surface area (Å²) >= 11 is 0. The van der Waals surface area contributed by atoms with Crippen LogP contribution in [-0.4, -0.2) is 42.0 Å². The highest BCUT2D eigenvalue weighted by atomic mass is 16.5. The number of nitrogens with zero attached hydrogens (tertiary/aromatic N) is 1. The number of carbonyl (C=O) groups excluding carboxylic acids is 2. The molecule has 0 radical (unpaired) electrons. The number of para-hydroxylation sites is 1. The number of aliphatic hydroxyl groups is 1. The summed E-state index contributed by atoms with van der Waals surface area (Å²) in [5.41, 5.74) is 1.82. The van der Waals surface area contributed by atoms with E-state index in [0.29, 0.717) is 33.8 Å². The van der Waals surface area contributed by atoms with Gasteiger partial charge in [-0.2, -0.15) is 0 Å². The van der Waals surface area contributed by atoms with E-state index >= 15 is 0 Å². The van der Waals surface area contributed by atoms with E-state index in [4.69, 9.17) is 18.6 Å². The van der Waals surface area contributed by atoms with Crippen molar-refractivity contribution in [2.45, 2.75) is 32.5 Å². The summed E-state index contributed by atoms with van der Waals surface area (Å²) in [6.45, 7) is 4.02. The van der Waals surface area contributed by atoms with Gasteiger partial charge in [0.15, 0.2) is 22.9 Å². The lowest BCUT2D eigenvalue weighted by Crippen LogP contribution is -2.30. The van der Waals surface area contributed by atoms with Gasteiger partial charge in [-0.25, -0.2) is 0 Å². The zero-order valence-electron chi connectivity index (χ0n) is 22.1. The van der Waals surface area contributed by atoms with E-state index in [1.807, 2.05) is 26.0 Å². The maximum atomic E-state index is 13.9. The minimum Gasteiger partial charge on any atom is -0.503 e. The van der Waals surface area contributed by atoms with Crippen LogP contribution in [0.25, 0.3) is 11.0 Å². The SMILES string of the molecule is COc1ccc(CN2C(=O)C(O)=C(C(=O)c3cc4cccc(OC)c4o3)C2c2ccc(OC(C)C)cc2)cc1. The molecule has 200 valence electrons. The Bertz CT molecular complexity index is 1550. The van der Waals surface area contributed by atoms with Crippen molar-refractivity contribution < 1.29 is 33.3 Å². The van der Waals surface area contributed by atoms with E-state index in [-0.39, 0.29) is 24.0 Å². The molecule has 39 heavy (non-hydrogen) atoms. The van der Waals surface area contributed by atoms with Crippen molar-refractivity contribution in [3.63, 3.8) is 0 Å². The summed E-state index contributed by atoms with van der Waals surface area (Å²) in [4.78, 5) is 28.8. The number of furan rings is 1. The lowest BCUT2D eigenvalue weighted by molar-refractivity contribution is -0.130. The molecule has 0 saturated heterocycles. The maximum Gasteiger partial charge on any atom is 0.290 e. The number of ketones is 1. The van der Waals surface area contributed by atoms with Crippen LogP contribution in [0.1, 0.15) is 41.6 Å². The smallest absolute Gasteiger partial charge is 0.290 e. The van der Waals surface area contributed by atoms with Gasteiger partial charge in [-0.15, -0.1) is 0 Å². The van der Waals surface area contributed by atoms with Crippen LogP contribution < -0.4 is 14.2 Å². The van der Waals surface area contributed by atoms with Gasteiger partial charge in [0.25, 0.3) is 5.91 Å². The standard InChI is InChI=1S/C31H29NO7/c1-18(2)38-23-14-10-20(11-15-23)27-26(28(33)25-16-21-6-5-7-24(37-4)30(21)39-25)29(34)31(35)32(27)17-19-8-12-22(36-3)13-9-19/h5-16,18,27,34H,17H2,1-4H3. The van der Waals surface area contributed by atoms with Crippen LogP contribution in [-0.2, 0) is 11.3 Å². The average molecular weight is 528 g/mol. The second-order valence-electron chi connectivity index (χ2n) is 9.50. The van der Waals surface area contributed by atoms with Crippen molar-refractivity contribution in [2.24, 2.45) is 0 Å². The van der Waals surface area contributed by atoms with E-state index in [1.54, 1.807) is 67.8 Å². The number of ether oxygens (including phenoxy) is 3. The van der Waals surface area contributed by atoms with Crippen molar-refractivity contribution in [3.05, 3.63) is 101 Å². The number of fused-ring (bicyclic) bond motifs is 1. The fraction of sp³-hybridized carbons (Fsp3) is 0.226. The number of benzene rings is 3. The topological polar surface area (TPSA) is 98.4 Å². The first-order chi connectivity index (χ1) is 18.8. The number of hydrogen-bond acceptors (Lipinski definition) is 7. The zero-order valence-corrected chi connectivity index (χ0v) is 22.1. The summed E-state index contributed by atoms with van der Waals surface area (Å²) in [6.07, 6.45) is -0.0124. The maximum absolute atomic E-state index is 13.9. The zero-order chi connectivity index (χ0) is 27.7. The van der Waals surface area contributed by atoms with E-state index in [1.165, 1.54) is 12.0 Å². The van der Waals surface area contributed by atoms with Gasteiger partial charge in [0.05, 0.1) is 31.9 Å². The third-order valence-corrected chi connectivity index (χ3v) is 6.58. The molecule has 1 aromatic heterocycles. The highest BCUT2D eigenvalue weighted by Gasteiger charge is 2.44. The molecule has 8 heteroatoms. The lowest BCUT2D eigenvalue weighted by atomic mass is 9.94. The molecule has 5 rings (SSSR count). The Morgan fingerprint density at radius 2 is 1.67 bits per heavy atom. The van der Waals surface area contributed by atoms with E-state index in [9.17, 15) is 14.7 Å². The number of Topliss-reactive ketones (excluding diaryl/α,β-unsaturated/α-hetero) is 1. The summed E-state index contributed by atoms with van der Waals surface area (Å²) in [5, 5.41) is 11.7. The predicted molar refractivity (Wildman–Crippen MR) is 145 cm³/mol. The van der Waals surface area contributed by atoms with Gasteiger partial charge in [-0.3, -0.25) is 9.59 Å². The van der Waals surface area contributed by atoms with Gasteiger partial charge in [-0.05, 0) is 61.4 Å². The molecule has 3 aromatic carbocycles. The highest BCUT2D eigenvalue weighted by molar-refractivity contribution is 6.16. The van der Waals surface area contributed by atoms with Crippen molar-refractivity contribution in [2.75, 3.05) is 14.2 Å². The van der Waals surface area contributed by atoms with E-state index < -0.39 is 23.5 Å². The van der Waals surface area contributed by atoms with Gasteiger partial charge in [0, 0.05) is 11.9 Å². The van der Waals surface area contributed by atoms with Crippen molar-refractivity contribution >= 4 is 22.7 Å². The Kier molecular flexibility index (Phi) is 7.02. The lowest BCUT2D eigenvalue weighted by Gasteiger charge is -2.27. The first kappa shape index (κ1) is 25.9. The van der Waals surface area contributed by atoms with Gasteiger partial charge in [-0.1, -0.05) is 36.4 Å². The Hall–Kier alpha value is -4.72. The summed E-state index contributed by atoms with van der Waals surface area (Å²) < 4.78 is 22.3. The molecular formula is C31H29NO7. The number of rotatable bonds is 9. The highest BCUT2D eigenvalue weighted by Crippen LogP contribution is 2.41. The molecule has 0 saturated carbocycles. The molecule has 1 atom stereocenters. The summed E-state index contributed by atoms with van der Waals surface area (Å²) in [7, 11) is 3.09. The Morgan fingerprint density at radius 3 is 2.31 bits per heavy atom. The predicted octanol–water partition coefficient (Wildman–Crippen LogP) is 6.02. The van der Waals surface area contributed by atoms with Crippen LogP contribution in [0.2, 0.25) is 0 Å². The van der Waals surface area contributed by atoms with Crippen molar-refractivity contribution in [3.8, 4) is 17.2 Å². The van der Waals surface area contributed by atoms with Gasteiger partial charge in [0.2, 0.25) is 5.78 Å². The molecule has 4 aromatic rings. The van der Waals surface area contributed by atoms with E-state index in [2.05, 4.69) is 0 Å². The first-order valence-corrected chi connectivity index (χ1v) is 12.6. The number of amides is 1. The minimum absolute atomic E-state index is 0.0000845. The Morgan fingerprint density at radius 1 is 0.974 bits per heavy atom. The molecule has 0 aliphatic carbocycles. The monoisotopic (exact) mass is 527 g/mol. The third-order valence-electron chi connectivity index (χ3n) is 6.58. The Balaban J connectivity index is 1.56. The fourth-order valence-corrected chi connectivity index (χ4v) is 4.77. The molecule has 1 N–H and O–H groups in total. The quantitative estimate of drug-likeness (QED) is 0.266. The minimum atomic E-state index is -0.852. The normalized spacial score (nSPS) is 15.4. The van der Waals surface area contributed by atoms with Crippen LogP contribution in [0.4, 0.5) is 0 Å². The summed E-state index contributed by atoms with van der Waals surface area (Å²) in [6, 6.07) is 20.5. The first-order valence-electron chi connectivity index (χ1n) is 12.6. The average Bonchev–Trinajstić information content (AvgIpc) is 3.48. The third kappa shape index (κ3) is 4.93. The molecule has 0 bridgehead atoms. The molecule has 2 heterocycles. The second-order valence-corrected chi connectivity index (χ2v) is 9.50. The molecule has 1 aliphatic rings. The largest absolute Gasteiger partial charge is 0.503 e. The van der Waals surface area contributed by atoms with Crippen molar-refractivity contribution in [1.29, 1.82) is 0 Å². The van der Waals surface area contributed by atoms with Crippen molar-refractivity contribution in [1.82, 2.24) is 4.90 Å². The van der Waals surface area contributed by atoms with Gasteiger partial charge < -0.3 is 28.6 Å². The van der Waals surface area contributed by atoms with Gasteiger partial charge in [0.1, 0.15) is 11.5 Å². The van der Waals surface area contributed by atoms with Crippen LogP contribution in [0, 0.1) is 0 Å². The van der Waals surface area contributed by atoms with Crippen LogP contribution in [0.15, 0.2) is 88.5 Å². The fourth-order valence-electron chi connectivity index (χ4n) is 4.77. The number of aliphatic hydroxyl groups excluding tert-OH is 1. The number of carbonyl (C=O) groups is 2. The molecular weight excluding hydrogens is 498 g/mol. The molecule has 1 unspecified atom stereocenters. The van der Waals surface area contributed by atoms with E-state index in [0.717, 1.165) is 5.56 Å². The molecule has 0 fully saturated rings. The second kappa shape index (κ2) is 10.6. The Labute approximate surface area is 226 Å². The molecule has 1 amide bonds. The van der Waals surface area contributed by atoms with Gasteiger partial charge >= 0.3 is 0 Å². The molecule has 0 spiro atoms.